The Hall–Kier alpha value is -1.02. The van der Waals surface area contributed by atoms with Crippen molar-refractivity contribution < 1.29 is 4.74 Å². The molecule has 0 aromatic heterocycles. The van der Waals surface area contributed by atoms with Crippen LogP contribution in [0.2, 0.25) is 0 Å². The van der Waals surface area contributed by atoms with E-state index in [-0.39, 0.29) is 0 Å². The first-order valence-electron chi connectivity index (χ1n) is 8.47. The molecule has 2 heteroatoms. The maximum atomic E-state index is 5.79. The van der Waals surface area contributed by atoms with Gasteiger partial charge in [0.25, 0.3) is 0 Å². The summed E-state index contributed by atoms with van der Waals surface area (Å²) in [7, 11) is 0. The van der Waals surface area contributed by atoms with E-state index < -0.39 is 0 Å². The van der Waals surface area contributed by atoms with Crippen LogP contribution in [-0.4, -0.2) is 19.2 Å². The number of rotatable bonds is 7. The summed E-state index contributed by atoms with van der Waals surface area (Å²) in [4.78, 5) is 0. The summed E-state index contributed by atoms with van der Waals surface area (Å²) in [6.45, 7) is 11.2. The van der Waals surface area contributed by atoms with E-state index in [4.69, 9.17) is 4.74 Å². The van der Waals surface area contributed by atoms with E-state index in [1.807, 2.05) is 0 Å². The topological polar surface area (TPSA) is 21.3 Å². The zero-order chi connectivity index (χ0) is 15.3. The summed E-state index contributed by atoms with van der Waals surface area (Å²) >= 11 is 0. The van der Waals surface area contributed by atoms with E-state index in [2.05, 4.69) is 57.3 Å². The molecular weight excluding hydrogens is 258 g/mol. The molecule has 2 nitrogen and oxygen atoms in total. The third kappa shape index (κ3) is 4.47. The average Bonchev–Trinajstić information content (AvgIpc) is 2.85. The molecule has 1 aliphatic heterocycles. The smallest absolute Gasteiger partial charge is 0.122 e. The summed E-state index contributed by atoms with van der Waals surface area (Å²) < 4.78 is 5.79. The lowest BCUT2D eigenvalue weighted by atomic mass is 9.82. The molecule has 1 aliphatic rings. The third-order valence-corrected chi connectivity index (χ3v) is 4.53. The van der Waals surface area contributed by atoms with Crippen LogP contribution in [0.3, 0.4) is 0 Å². The molecule has 1 aromatic rings. The van der Waals surface area contributed by atoms with Crippen molar-refractivity contribution in [1.82, 2.24) is 5.32 Å². The molecule has 0 fully saturated rings. The van der Waals surface area contributed by atoms with Crippen LogP contribution in [0.25, 0.3) is 0 Å². The minimum atomic E-state index is 0.333. The number of benzene rings is 1. The van der Waals surface area contributed by atoms with Gasteiger partial charge in [0, 0.05) is 17.5 Å². The van der Waals surface area contributed by atoms with Crippen molar-refractivity contribution in [3.8, 4) is 5.75 Å². The molecule has 118 valence electrons. The maximum absolute atomic E-state index is 5.79. The Balaban J connectivity index is 1.83. The lowest BCUT2D eigenvalue weighted by Crippen LogP contribution is -2.40. The van der Waals surface area contributed by atoms with Crippen LogP contribution in [0.15, 0.2) is 24.3 Å². The standard InChI is InChI=1S/C19H31NO/c1-5-13-20-18(19(2,3)4)12-8-9-15-14-21-17-11-7-6-10-16(15)17/h6-7,10-11,15,18,20H,5,8-9,12-14H2,1-4H3. The first-order chi connectivity index (χ1) is 10.0. The SMILES string of the molecule is CCCNC(CCCC1COc2ccccc21)C(C)(C)C. The number of hydrogen-bond donors (Lipinski definition) is 1. The van der Waals surface area contributed by atoms with Crippen LogP contribution in [0.1, 0.15) is 64.9 Å². The average molecular weight is 289 g/mol. The van der Waals surface area contributed by atoms with E-state index >= 15 is 0 Å². The van der Waals surface area contributed by atoms with Gasteiger partial charge in [-0.15, -0.1) is 0 Å². The van der Waals surface area contributed by atoms with Gasteiger partial charge in [-0.2, -0.15) is 0 Å². The summed E-state index contributed by atoms with van der Waals surface area (Å²) in [5.41, 5.74) is 1.74. The molecule has 0 radical (unpaired) electrons. The van der Waals surface area contributed by atoms with Crippen molar-refractivity contribution in [2.75, 3.05) is 13.2 Å². The van der Waals surface area contributed by atoms with Crippen LogP contribution in [-0.2, 0) is 0 Å². The quantitative estimate of drug-likeness (QED) is 0.782. The summed E-state index contributed by atoms with van der Waals surface area (Å²) in [5, 5.41) is 3.72. The molecule has 2 rings (SSSR count). The summed E-state index contributed by atoms with van der Waals surface area (Å²) in [6.07, 6.45) is 4.96. The highest BCUT2D eigenvalue weighted by Crippen LogP contribution is 2.37. The Morgan fingerprint density at radius 2 is 2.05 bits per heavy atom. The Morgan fingerprint density at radius 1 is 1.29 bits per heavy atom. The lowest BCUT2D eigenvalue weighted by molar-refractivity contribution is 0.245. The van der Waals surface area contributed by atoms with Crippen molar-refractivity contribution in [3.05, 3.63) is 29.8 Å². The summed E-state index contributed by atoms with van der Waals surface area (Å²) in [5.74, 6) is 1.69. The zero-order valence-electron chi connectivity index (χ0n) is 14.1. The molecule has 21 heavy (non-hydrogen) atoms. The number of para-hydroxylation sites is 1. The second-order valence-corrected chi connectivity index (χ2v) is 7.35. The van der Waals surface area contributed by atoms with Gasteiger partial charge >= 0.3 is 0 Å². The third-order valence-electron chi connectivity index (χ3n) is 4.53. The Morgan fingerprint density at radius 3 is 2.76 bits per heavy atom. The molecule has 0 spiro atoms. The first kappa shape index (κ1) is 16.4. The minimum absolute atomic E-state index is 0.333. The molecule has 0 aliphatic carbocycles. The maximum Gasteiger partial charge on any atom is 0.122 e. The second kappa shape index (κ2) is 7.31. The van der Waals surface area contributed by atoms with E-state index in [1.54, 1.807) is 0 Å². The van der Waals surface area contributed by atoms with E-state index in [1.165, 1.54) is 31.2 Å². The highest BCUT2D eigenvalue weighted by molar-refractivity contribution is 5.39. The van der Waals surface area contributed by atoms with E-state index in [9.17, 15) is 0 Å². The highest BCUT2D eigenvalue weighted by Gasteiger charge is 2.26. The van der Waals surface area contributed by atoms with Crippen molar-refractivity contribution in [2.45, 2.75) is 65.3 Å². The predicted octanol–water partition coefficient (Wildman–Crippen LogP) is 4.75. The fraction of sp³-hybridized carbons (Fsp3) is 0.684. The molecule has 1 aromatic carbocycles. The van der Waals surface area contributed by atoms with Gasteiger partial charge in [0.2, 0.25) is 0 Å². The molecule has 1 N–H and O–H groups in total. The van der Waals surface area contributed by atoms with Crippen LogP contribution >= 0.6 is 0 Å². The number of nitrogens with one attached hydrogen (secondary N) is 1. The number of fused-ring (bicyclic) bond motifs is 1. The molecule has 1 heterocycles. The minimum Gasteiger partial charge on any atom is -0.493 e. The van der Waals surface area contributed by atoms with Crippen LogP contribution < -0.4 is 10.1 Å². The van der Waals surface area contributed by atoms with E-state index in [0.29, 0.717) is 17.4 Å². The zero-order valence-corrected chi connectivity index (χ0v) is 14.1. The van der Waals surface area contributed by atoms with Crippen LogP contribution in [0.4, 0.5) is 0 Å². The monoisotopic (exact) mass is 289 g/mol. The first-order valence-corrected chi connectivity index (χ1v) is 8.47. The molecule has 2 unspecified atom stereocenters. The normalized spacial score (nSPS) is 19.1. The largest absolute Gasteiger partial charge is 0.493 e. The Labute approximate surface area is 130 Å². The van der Waals surface area contributed by atoms with Crippen molar-refractivity contribution in [2.24, 2.45) is 5.41 Å². The van der Waals surface area contributed by atoms with Gasteiger partial charge in [-0.3, -0.25) is 0 Å². The molecule has 0 bridgehead atoms. The Kier molecular flexibility index (Phi) is 5.69. The summed E-state index contributed by atoms with van der Waals surface area (Å²) in [6, 6.07) is 9.11. The number of hydrogen-bond acceptors (Lipinski definition) is 2. The second-order valence-electron chi connectivity index (χ2n) is 7.35. The molecule has 0 saturated carbocycles. The molecule has 2 atom stereocenters. The van der Waals surface area contributed by atoms with Crippen molar-refractivity contribution >= 4 is 0 Å². The van der Waals surface area contributed by atoms with Gasteiger partial charge in [0.1, 0.15) is 5.75 Å². The van der Waals surface area contributed by atoms with Gasteiger partial charge in [0.15, 0.2) is 0 Å². The van der Waals surface area contributed by atoms with Gasteiger partial charge in [-0.25, -0.2) is 0 Å². The fourth-order valence-electron chi connectivity index (χ4n) is 3.20. The molecule has 0 amide bonds. The highest BCUT2D eigenvalue weighted by atomic mass is 16.5. The van der Waals surface area contributed by atoms with Gasteiger partial charge < -0.3 is 10.1 Å². The molecular formula is C19H31NO. The van der Waals surface area contributed by atoms with Crippen LogP contribution in [0, 0.1) is 5.41 Å². The van der Waals surface area contributed by atoms with Gasteiger partial charge in [0.05, 0.1) is 6.61 Å². The van der Waals surface area contributed by atoms with Gasteiger partial charge in [-0.1, -0.05) is 52.3 Å². The fourth-order valence-corrected chi connectivity index (χ4v) is 3.20. The van der Waals surface area contributed by atoms with Crippen molar-refractivity contribution in [3.63, 3.8) is 0 Å². The number of ether oxygens (including phenoxy) is 1. The van der Waals surface area contributed by atoms with E-state index in [0.717, 1.165) is 18.9 Å². The Bertz CT molecular complexity index is 435. The van der Waals surface area contributed by atoms with Crippen molar-refractivity contribution in [1.29, 1.82) is 0 Å². The predicted molar refractivity (Wildman–Crippen MR) is 90.1 cm³/mol. The lowest BCUT2D eigenvalue weighted by Gasteiger charge is -2.32. The van der Waals surface area contributed by atoms with Crippen LogP contribution in [0.5, 0.6) is 5.75 Å². The molecule has 0 saturated heterocycles. The van der Waals surface area contributed by atoms with Gasteiger partial charge in [-0.05, 0) is 37.3 Å².